The topological polar surface area (TPSA) is 0 Å². The number of fused-ring (bicyclic) bond motifs is 7. The van der Waals surface area contributed by atoms with Crippen LogP contribution in [-0.4, -0.2) is 0 Å². The number of hydrogen-bond donors (Lipinski definition) is 0. The summed E-state index contributed by atoms with van der Waals surface area (Å²) in [5, 5.41) is 77.4. The van der Waals surface area contributed by atoms with Gasteiger partial charge in [-0.05, 0) is 502 Å². The highest BCUT2D eigenvalue weighted by molar-refractivity contribution is 6.64. The summed E-state index contributed by atoms with van der Waals surface area (Å²) in [7, 11) is 0. The third-order valence-electron chi connectivity index (χ3n) is 41.3. The van der Waals surface area contributed by atoms with Crippen LogP contribution in [0.5, 0.6) is 0 Å². The Morgan fingerprint density at radius 3 is 1.07 bits per heavy atom. The van der Waals surface area contributed by atoms with Crippen LogP contribution in [0.4, 0.5) is 0 Å². The normalized spacial score (nSPS) is 26.6. The molecule has 0 nitrogen and oxygen atoms in total. The fourth-order valence-corrected chi connectivity index (χ4v) is 39.0. The molecule has 0 radical (unpaired) electrons. The minimum atomic E-state index is -0.172. The first-order valence-corrected chi connectivity index (χ1v) is 46.4. The van der Waals surface area contributed by atoms with Crippen molar-refractivity contribution >= 4 is 282 Å². The molecular weight excluding hydrogens is 1470 g/mol. The monoisotopic (exact) mass is 1520 g/mol. The molecule has 4 spiro atoms. The first-order chi connectivity index (χ1) is 60.5. The zero-order chi connectivity index (χ0) is 75.1. The summed E-state index contributed by atoms with van der Waals surface area (Å²) in [5.74, 6) is 1.80. The standard InChI is InChI=1S/2C61H26/c1-2-4-27-20(3-1)5-8-23-18-60-33-11-12-34-31-17-26-15-25-14-24-13-21-6-7-22-16-30-28-9-10-29(33)42-40(28)48-41(30)46-36(22)35(21)44-39(24)45-37(25)38(26)47-43(31)59(61(34,60)19-32(23)27)57-55-52(47)50(45)49(44)51(46)53(55)54(48)56(57)58(42)60;1-2-4-21-12-28-19-61-34-10-9-33-30-8-7-29-31-16-23-6-5-22-13-24-14-25-15-26-17-32(34)43-47-38(26)37(25)45-39(24)44-35(22)36(23)46-41(31)48-40(29)42(30)58(60(33,61)18-27(28)11-20(21)3-1)56-54(48)53-51(46)49(44)50(45)52(47)55(53)57(56)59(43)61/h1-5,8-14,16-17,24,39H,6-7,15,18-19H2;1-4,7-14,16-17,24,39H,5-6,15,18-19H2. The van der Waals surface area contributed by atoms with E-state index in [1.54, 1.807) is 360 Å². The molecule has 0 fully saturated rings. The van der Waals surface area contributed by atoms with E-state index in [0.29, 0.717) is 23.7 Å². The lowest BCUT2D eigenvalue weighted by molar-refractivity contribution is 0.335. The minimum absolute atomic E-state index is 0.160. The van der Waals surface area contributed by atoms with Gasteiger partial charge < -0.3 is 0 Å². The summed E-state index contributed by atoms with van der Waals surface area (Å²) in [6, 6.07) is 50.2. The van der Waals surface area contributed by atoms with Gasteiger partial charge in [0.2, 0.25) is 0 Å². The Balaban J connectivity index is 0.0000000982. The van der Waals surface area contributed by atoms with Crippen molar-refractivity contribution in [1.29, 1.82) is 0 Å². The van der Waals surface area contributed by atoms with Crippen LogP contribution in [0.1, 0.15) is 136 Å². The molecule has 46 rings (SSSR count). The molecule has 20 aliphatic carbocycles. The summed E-state index contributed by atoms with van der Waals surface area (Å²) in [6.07, 6.45) is 32.9. The summed E-state index contributed by atoms with van der Waals surface area (Å²) in [6.45, 7) is 0. The fraction of sp³-hybridized carbons (Fsp3) is 0.148. The van der Waals surface area contributed by atoms with Crippen molar-refractivity contribution in [2.24, 2.45) is 11.8 Å². The number of rotatable bonds is 0. The zero-order valence-electron chi connectivity index (χ0n) is 65.5. The summed E-state index contributed by atoms with van der Waals surface area (Å²) in [4.78, 5) is 0. The molecule has 540 valence electrons. The van der Waals surface area contributed by atoms with Gasteiger partial charge in [-0.2, -0.15) is 0 Å². The smallest absolute Gasteiger partial charge is 0.0403 e. The van der Waals surface area contributed by atoms with E-state index >= 15 is 0 Å². The maximum absolute atomic E-state index is 2.79. The molecule has 0 aromatic heterocycles. The van der Waals surface area contributed by atoms with E-state index in [-0.39, 0.29) is 21.7 Å². The highest BCUT2D eigenvalue weighted by Gasteiger charge is 2.71. The van der Waals surface area contributed by atoms with Crippen LogP contribution in [0.25, 0.3) is 282 Å². The second-order valence-corrected chi connectivity index (χ2v) is 43.6. The van der Waals surface area contributed by atoms with Crippen molar-refractivity contribution in [3.05, 3.63) is 302 Å². The molecule has 0 amide bonds. The number of hydrogen-bond acceptors (Lipinski definition) is 0. The Morgan fingerprint density at radius 1 is 0.221 bits per heavy atom. The largest absolute Gasteiger partial charge is 0.0728 e. The molecule has 8 unspecified atom stereocenters. The Hall–Kier alpha value is -13.5. The van der Waals surface area contributed by atoms with E-state index < -0.39 is 0 Å². The maximum Gasteiger partial charge on any atom is 0.0403 e. The van der Waals surface area contributed by atoms with Gasteiger partial charge in [0.15, 0.2) is 0 Å². The van der Waals surface area contributed by atoms with Crippen molar-refractivity contribution in [2.75, 3.05) is 0 Å². The van der Waals surface area contributed by atoms with Gasteiger partial charge in [-0.25, -0.2) is 0 Å². The van der Waals surface area contributed by atoms with Crippen LogP contribution in [0.3, 0.4) is 0 Å². The quantitative estimate of drug-likeness (QED) is 0.105. The van der Waals surface area contributed by atoms with Crippen LogP contribution in [0.15, 0.2) is 170 Å². The summed E-state index contributed by atoms with van der Waals surface area (Å²) >= 11 is 0. The van der Waals surface area contributed by atoms with E-state index in [1.165, 1.54) is 66.4 Å². The van der Waals surface area contributed by atoms with Crippen molar-refractivity contribution in [1.82, 2.24) is 0 Å². The summed E-state index contributed by atoms with van der Waals surface area (Å²) < 4.78 is 0. The molecule has 0 N–H and O–H groups in total. The van der Waals surface area contributed by atoms with Gasteiger partial charge >= 0.3 is 0 Å². The van der Waals surface area contributed by atoms with E-state index in [1.807, 2.05) is 0 Å². The highest BCUT2D eigenvalue weighted by atomic mass is 14.7. The molecule has 122 heavy (non-hydrogen) atoms. The maximum atomic E-state index is 2.79. The molecule has 8 atom stereocenters. The van der Waals surface area contributed by atoms with Gasteiger partial charge in [-0.15, -0.1) is 0 Å². The van der Waals surface area contributed by atoms with Crippen LogP contribution < -0.4 is 20.9 Å². The molecule has 26 aromatic rings. The third-order valence-corrected chi connectivity index (χ3v) is 41.3. The average molecular weight is 1520 g/mol. The fourth-order valence-electron chi connectivity index (χ4n) is 39.0. The van der Waals surface area contributed by atoms with E-state index in [4.69, 9.17) is 0 Å². The predicted octanol–water partition coefficient (Wildman–Crippen LogP) is 25.1. The first kappa shape index (κ1) is 53.9. The van der Waals surface area contributed by atoms with Gasteiger partial charge in [-0.3, -0.25) is 0 Å². The van der Waals surface area contributed by atoms with E-state index in [2.05, 4.69) is 170 Å². The average Bonchev–Trinajstić information content (AvgIpc) is 1.42. The molecule has 0 saturated heterocycles. The van der Waals surface area contributed by atoms with Crippen molar-refractivity contribution in [3.8, 4) is 0 Å². The Kier molecular flexibility index (Phi) is 6.47. The van der Waals surface area contributed by atoms with Crippen molar-refractivity contribution in [3.63, 3.8) is 0 Å². The molecule has 0 saturated carbocycles. The second-order valence-electron chi connectivity index (χ2n) is 43.6. The third kappa shape index (κ3) is 4.04. The molecule has 0 heterocycles. The SMILES string of the molecule is C1=CC2=c3ccc4c5cc6c7c8c9c%10c%11c%12c%13c%14c(cc%15c%16c%17c%18c%19c(c3c4c3c5c7c%10c(c%18c%11c%14%16)c%193)C23Cc2cc4ccccc4cc2CC%173C=%151)CC%13=CC(C=C8CC6)C%129.C1=CC2=c3ccc4c5cc6c7c8c9c%10c%11c%12c%13c%14c(cc%15c%16c%17c%18c%19c(c3c4c3c5c7c%10c(c%18c%11c%14%16)c%193)C23Cc2ccc4ccccc4c2CC%173C=%151)CC%13=CC(C=C8CC6)C%129. The highest BCUT2D eigenvalue weighted by Crippen LogP contribution is 2.82. The lowest BCUT2D eigenvalue weighted by Gasteiger charge is -2.58. The molecule has 0 bridgehead atoms. The van der Waals surface area contributed by atoms with Crippen LogP contribution >= 0.6 is 0 Å². The van der Waals surface area contributed by atoms with Gasteiger partial charge in [0.05, 0.1) is 0 Å². The molecule has 0 heteroatoms. The van der Waals surface area contributed by atoms with Crippen molar-refractivity contribution in [2.45, 2.75) is 97.7 Å². The summed E-state index contributed by atoms with van der Waals surface area (Å²) in [5.41, 5.74) is 45.7. The predicted molar refractivity (Wildman–Crippen MR) is 504 cm³/mol. The lowest BCUT2D eigenvalue weighted by Crippen LogP contribution is -2.57. The molecule has 0 aliphatic heterocycles. The van der Waals surface area contributed by atoms with Gasteiger partial charge in [0.25, 0.3) is 0 Å². The van der Waals surface area contributed by atoms with E-state index in [0.717, 1.165) is 51.4 Å². The Morgan fingerprint density at radius 2 is 0.582 bits per heavy atom. The number of benzene rings is 22. The van der Waals surface area contributed by atoms with Crippen LogP contribution in [-0.2, 0) is 73.0 Å². The Bertz CT molecular complexity index is 11100. The van der Waals surface area contributed by atoms with Gasteiger partial charge in [0, 0.05) is 45.3 Å². The van der Waals surface area contributed by atoms with E-state index in [9.17, 15) is 0 Å². The molecule has 26 aromatic carbocycles. The molecular formula is C122H52. The molecule has 20 aliphatic rings. The Labute approximate surface area is 688 Å². The van der Waals surface area contributed by atoms with Gasteiger partial charge in [0.1, 0.15) is 0 Å². The second kappa shape index (κ2) is 14.6. The van der Waals surface area contributed by atoms with Crippen molar-refractivity contribution < 1.29 is 0 Å². The zero-order valence-corrected chi connectivity index (χ0v) is 65.5. The van der Waals surface area contributed by atoms with Gasteiger partial charge in [-0.1, -0.05) is 146 Å². The first-order valence-electron chi connectivity index (χ1n) is 46.4. The van der Waals surface area contributed by atoms with Crippen LogP contribution in [0, 0.1) is 11.8 Å². The number of aryl methyl sites for hydroxylation is 2. The van der Waals surface area contributed by atoms with Crippen LogP contribution in [0.2, 0.25) is 0 Å². The number of allylic oxidation sites excluding steroid dienone is 12. The lowest BCUT2D eigenvalue weighted by atomic mass is 9.43. The minimum Gasteiger partial charge on any atom is -0.0728 e.